The molecule has 0 aliphatic carbocycles. The minimum atomic E-state index is -0.727. The molecule has 2 atom stereocenters. The van der Waals surface area contributed by atoms with Gasteiger partial charge in [0.15, 0.2) is 0 Å². The van der Waals surface area contributed by atoms with E-state index in [0.29, 0.717) is 12.6 Å². The van der Waals surface area contributed by atoms with Crippen LogP contribution in [0, 0.1) is 0 Å². The number of nitrogens with zero attached hydrogens (tertiary/aromatic N) is 2. The zero-order valence-electron chi connectivity index (χ0n) is 10.3. The van der Waals surface area contributed by atoms with Crippen molar-refractivity contribution in [2.45, 2.75) is 25.4 Å². The minimum absolute atomic E-state index is 0.0985. The van der Waals surface area contributed by atoms with Crippen LogP contribution in [-0.2, 0) is 9.53 Å². The van der Waals surface area contributed by atoms with Gasteiger partial charge in [-0.1, -0.05) is 0 Å². The van der Waals surface area contributed by atoms with Crippen LogP contribution >= 0.6 is 0 Å². The van der Waals surface area contributed by atoms with E-state index in [2.05, 4.69) is 16.7 Å². The average Bonchev–Trinajstić information content (AvgIpc) is 2.15. The standard InChI is InChI=1S/C11H22N2O3/c1-9-7-12(2)8-10(6-11(14)15)13(9)4-5-16-3/h9-10H,4-8H2,1-3H3,(H,14,15). The highest BCUT2D eigenvalue weighted by Gasteiger charge is 2.31. The van der Waals surface area contributed by atoms with Crippen LogP contribution in [0.1, 0.15) is 13.3 Å². The van der Waals surface area contributed by atoms with E-state index in [1.54, 1.807) is 7.11 Å². The molecule has 1 heterocycles. The maximum atomic E-state index is 10.8. The topological polar surface area (TPSA) is 53.0 Å². The summed E-state index contributed by atoms with van der Waals surface area (Å²) >= 11 is 0. The fourth-order valence-electron chi connectivity index (χ4n) is 2.44. The van der Waals surface area contributed by atoms with E-state index in [0.717, 1.165) is 19.6 Å². The van der Waals surface area contributed by atoms with E-state index in [9.17, 15) is 4.79 Å². The molecular weight excluding hydrogens is 208 g/mol. The predicted octanol–water partition coefficient (Wildman–Crippen LogP) is 0.112. The number of piperazine rings is 1. The first-order valence-electron chi connectivity index (χ1n) is 5.69. The lowest BCUT2D eigenvalue weighted by molar-refractivity contribution is -0.139. The summed E-state index contributed by atoms with van der Waals surface area (Å²) in [5.41, 5.74) is 0. The molecule has 1 N–H and O–H groups in total. The largest absolute Gasteiger partial charge is 0.481 e. The Bertz CT molecular complexity index is 235. The molecule has 5 nitrogen and oxygen atoms in total. The molecule has 0 radical (unpaired) electrons. The van der Waals surface area contributed by atoms with E-state index >= 15 is 0 Å². The summed E-state index contributed by atoms with van der Waals surface area (Å²) in [4.78, 5) is 15.3. The number of rotatable bonds is 5. The van der Waals surface area contributed by atoms with Gasteiger partial charge < -0.3 is 14.7 Å². The summed E-state index contributed by atoms with van der Waals surface area (Å²) in [5.74, 6) is -0.727. The molecule has 0 aromatic carbocycles. The lowest BCUT2D eigenvalue weighted by atomic mass is 10.0. The van der Waals surface area contributed by atoms with Crippen LogP contribution in [-0.4, -0.2) is 73.4 Å². The molecular formula is C11H22N2O3. The predicted molar refractivity (Wildman–Crippen MR) is 61.6 cm³/mol. The first-order chi connectivity index (χ1) is 7.54. The third kappa shape index (κ3) is 3.73. The second kappa shape index (κ2) is 6.18. The Morgan fingerprint density at radius 1 is 1.50 bits per heavy atom. The molecule has 5 heteroatoms. The average molecular weight is 230 g/mol. The van der Waals surface area contributed by atoms with Crippen LogP contribution in [0.4, 0.5) is 0 Å². The fourth-order valence-corrected chi connectivity index (χ4v) is 2.44. The molecule has 1 saturated heterocycles. The van der Waals surface area contributed by atoms with Crippen LogP contribution in [0.3, 0.4) is 0 Å². The van der Waals surface area contributed by atoms with Crippen LogP contribution in [0.15, 0.2) is 0 Å². The number of carbonyl (C=O) groups is 1. The van der Waals surface area contributed by atoms with Crippen molar-refractivity contribution < 1.29 is 14.6 Å². The second-order valence-electron chi connectivity index (χ2n) is 4.55. The van der Waals surface area contributed by atoms with E-state index in [1.807, 2.05) is 7.05 Å². The number of carboxylic acids is 1. The van der Waals surface area contributed by atoms with Crippen LogP contribution < -0.4 is 0 Å². The number of aliphatic carboxylic acids is 1. The van der Waals surface area contributed by atoms with Gasteiger partial charge in [0.05, 0.1) is 13.0 Å². The van der Waals surface area contributed by atoms with Gasteiger partial charge in [-0.25, -0.2) is 0 Å². The molecule has 2 unspecified atom stereocenters. The fraction of sp³-hybridized carbons (Fsp3) is 0.909. The molecule has 0 aromatic rings. The summed E-state index contributed by atoms with van der Waals surface area (Å²) in [6.45, 7) is 5.41. The second-order valence-corrected chi connectivity index (χ2v) is 4.55. The van der Waals surface area contributed by atoms with Crippen molar-refractivity contribution in [2.75, 3.05) is 40.4 Å². The van der Waals surface area contributed by atoms with Crippen molar-refractivity contribution in [3.8, 4) is 0 Å². The highest BCUT2D eigenvalue weighted by molar-refractivity contribution is 5.67. The number of ether oxygens (including phenoxy) is 1. The summed E-state index contributed by atoms with van der Waals surface area (Å²) in [6, 6.07) is 0.486. The summed E-state index contributed by atoms with van der Waals surface area (Å²) in [7, 11) is 3.71. The highest BCUT2D eigenvalue weighted by atomic mass is 16.5. The molecule has 1 fully saturated rings. The first-order valence-corrected chi connectivity index (χ1v) is 5.69. The lowest BCUT2D eigenvalue weighted by Crippen LogP contribution is -2.57. The van der Waals surface area contributed by atoms with Crippen molar-refractivity contribution in [2.24, 2.45) is 0 Å². The van der Waals surface area contributed by atoms with Gasteiger partial charge in [-0.2, -0.15) is 0 Å². The highest BCUT2D eigenvalue weighted by Crippen LogP contribution is 2.16. The van der Waals surface area contributed by atoms with Crippen LogP contribution in [0.5, 0.6) is 0 Å². The van der Waals surface area contributed by atoms with Gasteiger partial charge in [0.2, 0.25) is 0 Å². The minimum Gasteiger partial charge on any atom is -0.481 e. The SMILES string of the molecule is COCCN1C(C)CN(C)CC1CC(=O)O. The van der Waals surface area contributed by atoms with E-state index in [4.69, 9.17) is 9.84 Å². The van der Waals surface area contributed by atoms with Crippen molar-refractivity contribution in [1.82, 2.24) is 9.80 Å². The quantitative estimate of drug-likeness (QED) is 0.726. The Morgan fingerprint density at radius 2 is 2.19 bits per heavy atom. The normalized spacial score (nSPS) is 28.2. The molecule has 16 heavy (non-hydrogen) atoms. The number of methoxy groups -OCH3 is 1. The van der Waals surface area contributed by atoms with E-state index in [1.165, 1.54) is 0 Å². The van der Waals surface area contributed by atoms with Gasteiger partial charge in [0, 0.05) is 38.8 Å². The van der Waals surface area contributed by atoms with Gasteiger partial charge >= 0.3 is 5.97 Å². The molecule has 0 saturated carbocycles. The molecule has 0 aromatic heterocycles. The van der Waals surface area contributed by atoms with Gasteiger partial charge in [0.1, 0.15) is 0 Å². The Morgan fingerprint density at radius 3 is 2.75 bits per heavy atom. The Kier molecular flexibility index (Phi) is 5.18. The van der Waals surface area contributed by atoms with Gasteiger partial charge in [-0.05, 0) is 14.0 Å². The Balaban J connectivity index is 2.60. The monoisotopic (exact) mass is 230 g/mol. The summed E-state index contributed by atoms with van der Waals surface area (Å²) < 4.78 is 5.07. The lowest BCUT2D eigenvalue weighted by Gasteiger charge is -2.44. The number of carboxylic acid groups (broad SMARTS) is 1. The number of hydrogen-bond acceptors (Lipinski definition) is 4. The van der Waals surface area contributed by atoms with Crippen molar-refractivity contribution in [3.63, 3.8) is 0 Å². The molecule has 0 spiro atoms. The third-order valence-electron chi connectivity index (χ3n) is 3.10. The molecule has 1 aliphatic rings. The van der Waals surface area contributed by atoms with Gasteiger partial charge in [0.25, 0.3) is 0 Å². The van der Waals surface area contributed by atoms with E-state index < -0.39 is 5.97 Å². The van der Waals surface area contributed by atoms with Crippen LogP contribution in [0.2, 0.25) is 0 Å². The molecule has 0 bridgehead atoms. The van der Waals surface area contributed by atoms with Crippen molar-refractivity contribution >= 4 is 5.97 Å². The smallest absolute Gasteiger partial charge is 0.304 e. The maximum Gasteiger partial charge on any atom is 0.304 e. The van der Waals surface area contributed by atoms with Crippen LogP contribution in [0.25, 0.3) is 0 Å². The van der Waals surface area contributed by atoms with Gasteiger partial charge in [-0.15, -0.1) is 0 Å². The third-order valence-corrected chi connectivity index (χ3v) is 3.10. The Hall–Kier alpha value is -0.650. The number of hydrogen-bond donors (Lipinski definition) is 1. The first kappa shape index (κ1) is 13.4. The molecule has 0 amide bonds. The molecule has 1 rings (SSSR count). The van der Waals surface area contributed by atoms with Gasteiger partial charge in [-0.3, -0.25) is 9.69 Å². The maximum absolute atomic E-state index is 10.8. The summed E-state index contributed by atoms with van der Waals surface area (Å²) in [6.07, 6.45) is 0.207. The zero-order chi connectivity index (χ0) is 12.1. The molecule has 94 valence electrons. The van der Waals surface area contributed by atoms with Crippen molar-refractivity contribution in [1.29, 1.82) is 0 Å². The summed E-state index contributed by atoms with van der Waals surface area (Å²) in [5, 5.41) is 8.91. The number of likely N-dealkylation sites (N-methyl/N-ethyl adjacent to an activating group) is 1. The van der Waals surface area contributed by atoms with Crippen molar-refractivity contribution in [3.05, 3.63) is 0 Å². The Labute approximate surface area is 97.0 Å². The van der Waals surface area contributed by atoms with E-state index in [-0.39, 0.29) is 12.5 Å². The molecule has 1 aliphatic heterocycles. The zero-order valence-corrected chi connectivity index (χ0v) is 10.3.